The number of pyridine rings is 2. The van der Waals surface area contributed by atoms with Crippen LogP contribution in [-0.2, 0) is 37.0 Å². The van der Waals surface area contributed by atoms with Gasteiger partial charge in [0.15, 0.2) is 13.2 Å². The molecule has 2 amide bonds. The van der Waals surface area contributed by atoms with Crippen LogP contribution < -0.4 is 19.3 Å². The standard InChI is InChI=1S/C32H36N6O4.C31H34N6O4/c1-23-18-24-8-6-12-33-29(24)30(31(23)42-22-28(39)37-19-25(20-37)32(40)41-2)36-14-7-13-35(16-17-36)21-26-11-15-38(34-26)27-9-4-3-5-10-27;1-22-17-23-7-5-11-32-28(23)29(30(22)41-21-27(38)36-18-24(19-36)31(39)40)35-13-6-12-34(15-16-35)20-25-10-14-37(33-25)26-8-3-2-4-9-26/h3-6,8-12,15,18,25H,7,13-14,16-17,19-22H2,1-2H3;2-5,7-11,14,17,24H,6,12-13,15-16,18-21H2,1H3,(H,39,40). The average Bonchev–Trinajstić information content (AvgIpc) is 4.15. The van der Waals surface area contributed by atoms with E-state index in [0.29, 0.717) is 24.6 Å². The number of anilines is 2. The molecule has 4 aromatic heterocycles. The summed E-state index contributed by atoms with van der Waals surface area (Å²) in [5.74, 6) is -0.887. The summed E-state index contributed by atoms with van der Waals surface area (Å²) in [6.45, 7) is 13.4. The Kier molecular flexibility index (Phi) is 17.2. The number of likely N-dealkylation sites (tertiary alicyclic amines) is 2. The number of methoxy groups -OCH3 is 1. The number of carboxylic acids is 1. The van der Waals surface area contributed by atoms with E-state index in [2.05, 4.69) is 56.0 Å². The Balaban J connectivity index is 0.000000174. The van der Waals surface area contributed by atoms with Crippen LogP contribution in [-0.4, -0.2) is 177 Å². The lowest BCUT2D eigenvalue weighted by Gasteiger charge is -2.37. The van der Waals surface area contributed by atoms with Crippen molar-refractivity contribution in [2.45, 2.75) is 39.8 Å². The largest absolute Gasteiger partial charge is 0.481 e. The molecule has 20 nitrogen and oxygen atoms in total. The molecule has 4 fully saturated rings. The molecule has 20 heteroatoms. The van der Waals surface area contributed by atoms with Crippen molar-refractivity contribution in [3.63, 3.8) is 0 Å². The minimum atomic E-state index is -0.867. The highest BCUT2D eigenvalue weighted by atomic mass is 16.5. The number of hydrogen-bond acceptors (Lipinski definition) is 15. The van der Waals surface area contributed by atoms with Crippen LogP contribution in [0.4, 0.5) is 11.4 Å². The Hall–Kier alpha value is -8.88. The molecule has 0 radical (unpaired) electrons. The van der Waals surface area contributed by atoms with Crippen LogP contribution in [0.25, 0.3) is 33.2 Å². The van der Waals surface area contributed by atoms with Crippen LogP contribution in [0, 0.1) is 25.7 Å². The third-order valence-corrected chi connectivity index (χ3v) is 16.0. The number of ether oxygens (including phenoxy) is 3. The van der Waals surface area contributed by atoms with Crippen molar-refractivity contribution in [1.29, 1.82) is 0 Å². The minimum absolute atomic E-state index is 0.0931. The van der Waals surface area contributed by atoms with Gasteiger partial charge in [0.25, 0.3) is 11.8 Å². The molecular weight excluding hydrogens is 1050 g/mol. The highest BCUT2D eigenvalue weighted by Gasteiger charge is 2.38. The summed E-state index contributed by atoms with van der Waals surface area (Å²) in [5, 5.41) is 20.8. The molecule has 83 heavy (non-hydrogen) atoms. The second-order valence-electron chi connectivity index (χ2n) is 21.7. The van der Waals surface area contributed by atoms with Gasteiger partial charge in [0.1, 0.15) is 22.9 Å². The molecular formula is C63H70N12O8. The van der Waals surface area contributed by atoms with Gasteiger partial charge in [-0.3, -0.25) is 38.9 Å². The number of benzene rings is 4. The molecule has 0 atom stereocenters. The molecule has 8 aromatic rings. The second kappa shape index (κ2) is 25.5. The summed E-state index contributed by atoms with van der Waals surface area (Å²) in [6.07, 6.45) is 9.55. The van der Waals surface area contributed by atoms with Crippen molar-refractivity contribution in [3.05, 3.63) is 156 Å². The fraction of sp³-hybridized carbons (Fsp3) is 0.365. The predicted octanol–water partition coefficient (Wildman–Crippen LogP) is 6.81. The van der Waals surface area contributed by atoms with E-state index in [4.69, 9.17) is 39.5 Å². The SMILES string of the molecule is COC(=O)C1CN(C(=O)COc2c(C)cc3cccnc3c2N2CCCN(Cc3ccn(-c4ccccc4)n3)CC2)C1.Cc1cc2cccnc2c(N2CCCN(Cc3ccn(-c4ccccc4)n3)CC2)c1OCC(=O)N1CC(C(=O)O)C1. The summed E-state index contributed by atoms with van der Waals surface area (Å²) >= 11 is 0. The Morgan fingerprint density at radius 3 is 1.42 bits per heavy atom. The number of carbonyl (C=O) groups is 4. The van der Waals surface area contributed by atoms with Crippen LogP contribution in [0.1, 0.15) is 35.4 Å². The van der Waals surface area contributed by atoms with Crippen molar-refractivity contribution in [1.82, 2.24) is 49.1 Å². The number of fused-ring (bicyclic) bond motifs is 2. The van der Waals surface area contributed by atoms with Crippen molar-refractivity contribution < 1.29 is 38.5 Å². The normalized spacial score (nSPS) is 16.3. The van der Waals surface area contributed by atoms with Crippen molar-refractivity contribution >= 4 is 56.9 Å². The zero-order valence-electron chi connectivity index (χ0n) is 47.3. The van der Waals surface area contributed by atoms with E-state index in [1.807, 2.05) is 108 Å². The highest BCUT2D eigenvalue weighted by molar-refractivity contribution is 5.97. The van der Waals surface area contributed by atoms with Gasteiger partial charge in [-0.05, 0) is 98.5 Å². The van der Waals surface area contributed by atoms with Crippen LogP contribution in [0.3, 0.4) is 0 Å². The van der Waals surface area contributed by atoms with Gasteiger partial charge in [-0.1, -0.05) is 48.5 Å². The molecule has 8 heterocycles. The molecule has 0 saturated carbocycles. The molecule has 4 aromatic carbocycles. The Morgan fingerprint density at radius 2 is 0.988 bits per heavy atom. The van der Waals surface area contributed by atoms with Crippen LogP contribution >= 0.6 is 0 Å². The lowest BCUT2D eigenvalue weighted by molar-refractivity contribution is -0.157. The number of aryl methyl sites for hydroxylation is 2. The fourth-order valence-corrected chi connectivity index (χ4v) is 11.4. The van der Waals surface area contributed by atoms with E-state index in [-0.39, 0.29) is 50.0 Å². The number of carbonyl (C=O) groups excluding carboxylic acids is 3. The Morgan fingerprint density at radius 1 is 0.542 bits per heavy atom. The van der Waals surface area contributed by atoms with Gasteiger partial charge >= 0.3 is 11.9 Å². The van der Waals surface area contributed by atoms with Crippen LogP contribution in [0.15, 0.2) is 134 Å². The molecule has 0 spiro atoms. The number of para-hydroxylation sites is 2. The lowest BCUT2D eigenvalue weighted by Crippen LogP contribution is -2.54. The van der Waals surface area contributed by atoms with Crippen molar-refractivity contribution in [2.75, 3.05) is 109 Å². The maximum Gasteiger partial charge on any atom is 0.312 e. The minimum Gasteiger partial charge on any atom is -0.481 e. The average molecular weight is 1120 g/mol. The molecule has 12 rings (SSSR count). The summed E-state index contributed by atoms with van der Waals surface area (Å²) in [4.78, 5) is 70.7. The topological polar surface area (TPSA) is 197 Å². The molecule has 0 aliphatic carbocycles. The van der Waals surface area contributed by atoms with Crippen molar-refractivity contribution in [3.8, 4) is 22.9 Å². The monoisotopic (exact) mass is 1120 g/mol. The van der Waals surface area contributed by atoms with E-state index in [1.54, 1.807) is 17.3 Å². The van der Waals surface area contributed by atoms with Crippen LogP contribution in [0.5, 0.6) is 11.5 Å². The zero-order valence-corrected chi connectivity index (χ0v) is 47.3. The van der Waals surface area contributed by atoms with Gasteiger partial charge in [-0.2, -0.15) is 10.2 Å². The smallest absolute Gasteiger partial charge is 0.312 e. The maximum atomic E-state index is 12.9. The summed E-state index contributed by atoms with van der Waals surface area (Å²) in [7, 11) is 1.37. The number of rotatable bonds is 16. The highest BCUT2D eigenvalue weighted by Crippen LogP contribution is 2.41. The summed E-state index contributed by atoms with van der Waals surface area (Å²) in [5.41, 5.74) is 9.63. The summed E-state index contributed by atoms with van der Waals surface area (Å²) < 4.78 is 21.1. The molecule has 1 N–H and O–H groups in total. The predicted molar refractivity (Wildman–Crippen MR) is 315 cm³/mol. The molecule has 0 bridgehead atoms. The van der Waals surface area contributed by atoms with E-state index in [0.717, 1.165) is 145 Å². The number of hydrogen-bond donors (Lipinski definition) is 1. The quantitative estimate of drug-likeness (QED) is 0.0990. The first kappa shape index (κ1) is 56.0. The van der Waals surface area contributed by atoms with Gasteiger partial charge in [0.05, 0.1) is 52.7 Å². The number of nitrogens with zero attached hydrogens (tertiary/aromatic N) is 12. The Labute approximate surface area is 482 Å². The van der Waals surface area contributed by atoms with E-state index in [9.17, 15) is 19.2 Å². The first-order chi connectivity index (χ1) is 40.5. The van der Waals surface area contributed by atoms with Gasteiger partial charge in [0, 0.05) is 127 Å². The number of aromatic nitrogens is 6. The number of esters is 1. The number of amides is 2. The van der Waals surface area contributed by atoms with Gasteiger partial charge in [-0.15, -0.1) is 0 Å². The molecule has 0 unspecified atom stereocenters. The van der Waals surface area contributed by atoms with Gasteiger partial charge in [-0.25, -0.2) is 9.36 Å². The summed E-state index contributed by atoms with van der Waals surface area (Å²) in [6, 6.07) is 36.5. The van der Waals surface area contributed by atoms with Crippen molar-refractivity contribution in [2.24, 2.45) is 11.8 Å². The number of aliphatic carboxylic acids is 1. The van der Waals surface area contributed by atoms with Crippen LogP contribution in [0.2, 0.25) is 0 Å². The van der Waals surface area contributed by atoms with E-state index in [1.165, 1.54) is 12.0 Å². The molecule has 4 saturated heterocycles. The fourth-order valence-electron chi connectivity index (χ4n) is 11.4. The van der Waals surface area contributed by atoms with E-state index < -0.39 is 11.9 Å². The molecule has 4 aliphatic rings. The van der Waals surface area contributed by atoms with Gasteiger partial charge in [0.2, 0.25) is 0 Å². The van der Waals surface area contributed by atoms with Gasteiger partial charge < -0.3 is 38.9 Å². The molecule has 4 aliphatic heterocycles. The Bertz CT molecular complexity index is 3580. The third kappa shape index (κ3) is 12.9. The molecule has 430 valence electrons. The number of carboxylic acid groups (broad SMARTS) is 1. The van der Waals surface area contributed by atoms with E-state index >= 15 is 0 Å². The zero-order chi connectivity index (χ0) is 57.4. The first-order valence-electron chi connectivity index (χ1n) is 28.5. The maximum absolute atomic E-state index is 12.9. The third-order valence-electron chi connectivity index (χ3n) is 16.0. The first-order valence-corrected chi connectivity index (χ1v) is 28.5. The lowest BCUT2D eigenvalue weighted by atomic mass is 10.0. The second-order valence-corrected chi connectivity index (χ2v) is 21.7.